The predicted octanol–water partition coefficient (Wildman–Crippen LogP) is 2.40. The Balaban J connectivity index is 2.00. The van der Waals surface area contributed by atoms with Crippen LogP contribution in [0.15, 0.2) is 47.3 Å². The molecule has 10 nitrogen and oxygen atoms in total. The molecule has 0 bridgehead atoms. The number of halogens is 1. The van der Waals surface area contributed by atoms with E-state index < -0.39 is 17.4 Å². The largest absolute Gasteiger partial charge is 0.382 e. The second-order valence-corrected chi connectivity index (χ2v) is 7.04. The number of fused-ring (bicyclic) bond motifs is 1. The minimum absolute atomic E-state index is 0.00357. The Morgan fingerprint density at radius 1 is 1.06 bits per heavy atom. The van der Waals surface area contributed by atoms with Crippen LogP contribution in [0.3, 0.4) is 0 Å². The molecule has 1 unspecified atom stereocenters. The lowest BCUT2D eigenvalue weighted by Crippen LogP contribution is -2.28. The van der Waals surface area contributed by atoms with Crippen LogP contribution in [-0.2, 0) is 0 Å². The average molecular weight is 441 g/mol. The van der Waals surface area contributed by atoms with Crippen LogP contribution < -0.4 is 22.3 Å². The van der Waals surface area contributed by atoms with Gasteiger partial charge in [-0.3, -0.25) is 9.36 Å². The van der Waals surface area contributed by atoms with Crippen molar-refractivity contribution in [1.82, 2.24) is 19.5 Å². The molecule has 0 fully saturated rings. The van der Waals surface area contributed by atoms with Crippen molar-refractivity contribution in [2.24, 2.45) is 0 Å². The lowest BCUT2D eigenvalue weighted by Gasteiger charge is -2.21. The summed E-state index contributed by atoms with van der Waals surface area (Å²) in [5.41, 5.74) is 11.0. The third-order valence-electron chi connectivity index (χ3n) is 4.94. The number of para-hydroxylation sites is 1. The second-order valence-electron chi connectivity index (χ2n) is 7.04. The van der Waals surface area contributed by atoms with E-state index >= 15 is 0 Å². The van der Waals surface area contributed by atoms with Gasteiger partial charge >= 0.3 is 0 Å². The zero-order chi connectivity index (χ0) is 23.7. The highest BCUT2D eigenvalue weighted by Crippen LogP contribution is 2.26. The van der Waals surface area contributed by atoms with Crippen LogP contribution in [0.25, 0.3) is 16.6 Å². The van der Waals surface area contributed by atoms with E-state index in [1.807, 2.05) is 12.1 Å². The SMILES string of the molecule is CC(Nc1nc(N)nc(N)c1C#N)c1nc2c(F)ccc(C#N)c2c(=O)n1-c1ccccc1. The molecule has 33 heavy (non-hydrogen) atoms. The van der Waals surface area contributed by atoms with Crippen molar-refractivity contribution in [3.63, 3.8) is 0 Å². The first kappa shape index (κ1) is 21.2. The Hall–Kier alpha value is -5.03. The number of anilines is 3. The molecule has 4 aromatic rings. The van der Waals surface area contributed by atoms with E-state index in [0.717, 1.165) is 6.07 Å². The minimum atomic E-state index is -0.770. The summed E-state index contributed by atoms with van der Waals surface area (Å²) in [4.78, 5) is 25.7. The predicted molar refractivity (Wildman–Crippen MR) is 120 cm³/mol. The molecular formula is C22H16FN9O. The Kier molecular flexibility index (Phi) is 5.30. The Labute approximate surface area is 186 Å². The van der Waals surface area contributed by atoms with Crippen molar-refractivity contribution in [3.8, 4) is 17.8 Å². The van der Waals surface area contributed by atoms with Gasteiger partial charge in [0.05, 0.1) is 22.7 Å². The number of benzene rings is 2. The third kappa shape index (κ3) is 3.64. The standard InChI is InChI=1S/C22H16FN9O/c1-11(28-19-14(10-25)18(26)30-22(27)31-19)20-29-17-15(23)8-7-12(9-24)16(17)21(33)32(20)13-5-3-2-4-6-13/h2-8,11H,1H3,(H5,26,27,28,30,31). The molecule has 0 saturated carbocycles. The van der Waals surface area contributed by atoms with Gasteiger partial charge in [0, 0.05) is 0 Å². The fourth-order valence-corrected chi connectivity index (χ4v) is 3.46. The fraction of sp³-hybridized carbons (Fsp3) is 0.0909. The molecule has 0 spiro atoms. The van der Waals surface area contributed by atoms with Gasteiger partial charge in [-0.05, 0) is 31.2 Å². The van der Waals surface area contributed by atoms with Crippen LogP contribution in [-0.4, -0.2) is 19.5 Å². The first-order chi connectivity index (χ1) is 15.8. The van der Waals surface area contributed by atoms with Crippen LogP contribution in [0.5, 0.6) is 0 Å². The maximum absolute atomic E-state index is 14.7. The Morgan fingerprint density at radius 2 is 1.79 bits per heavy atom. The smallest absolute Gasteiger partial charge is 0.267 e. The van der Waals surface area contributed by atoms with Crippen LogP contribution in [0.1, 0.15) is 29.9 Å². The lowest BCUT2D eigenvalue weighted by atomic mass is 10.1. The summed E-state index contributed by atoms with van der Waals surface area (Å²) in [6, 6.07) is 14.0. The normalized spacial score (nSPS) is 11.5. The second kappa shape index (κ2) is 8.24. The average Bonchev–Trinajstić information content (AvgIpc) is 2.79. The zero-order valence-corrected chi connectivity index (χ0v) is 17.2. The zero-order valence-electron chi connectivity index (χ0n) is 17.2. The van der Waals surface area contributed by atoms with Gasteiger partial charge in [-0.15, -0.1) is 0 Å². The molecule has 1 atom stereocenters. The summed E-state index contributed by atoms with van der Waals surface area (Å²) in [6.07, 6.45) is 0. The van der Waals surface area contributed by atoms with E-state index in [4.69, 9.17) is 11.5 Å². The Morgan fingerprint density at radius 3 is 2.45 bits per heavy atom. The Bertz CT molecular complexity index is 1530. The van der Waals surface area contributed by atoms with E-state index in [9.17, 15) is 19.7 Å². The molecule has 0 aliphatic carbocycles. The van der Waals surface area contributed by atoms with Crippen molar-refractivity contribution >= 4 is 28.5 Å². The van der Waals surface area contributed by atoms with Gasteiger partial charge in [0.25, 0.3) is 5.56 Å². The van der Waals surface area contributed by atoms with Crippen LogP contribution in [0.2, 0.25) is 0 Å². The van der Waals surface area contributed by atoms with Gasteiger partial charge in [-0.1, -0.05) is 18.2 Å². The van der Waals surface area contributed by atoms with E-state index in [1.165, 1.54) is 10.6 Å². The molecule has 0 radical (unpaired) electrons. The number of hydrogen-bond acceptors (Lipinski definition) is 9. The number of hydrogen-bond donors (Lipinski definition) is 3. The highest BCUT2D eigenvalue weighted by molar-refractivity contribution is 5.85. The molecule has 162 valence electrons. The van der Waals surface area contributed by atoms with Gasteiger partial charge in [0.15, 0.2) is 5.82 Å². The lowest BCUT2D eigenvalue weighted by molar-refractivity contribution is 0.632. The summed E-state index contributed by atoms with van der Waals surface area (Å²) in [6.45, 7) is 1.65. The molecule has 2 aromatic carbocycles. The monoisotopic (exact) mass is 441 g/mol. The van der Waals surface area contributed by atoms with Crippen molar-refractivity contribution in [3.05, 3.63) is 75.6 Å². The molecular weight excluding hydrogens is 425 g/mol. The van der Waals surface area contributed by atoms with E-state index in [-0.39, 0.29) is 45.4 Å². The third-order valence-corrected chi connectivity index (χ3v) is 4.94. The molecule has 2 aromatic heterocycles. The number of nitriles is 2. The summed E-state index contributed by atoms with van der Waals surface area (Å²) < 4.78 is 16.0. The van der Waals surface area contributed by atoms with E-state index in [0.29, 0.717) is 5.69 Å². The van der Waals surface area contributed by atoms with Crippen molar-refractivity contribution in [1.29, 1.82) is 10.5 Å². The molecule has 5 N–H and O–H groups in total. The highest BCUT2D eigenvalue weighted by atomic mass is 19.1. The van der Waals surface area contributed by atoms with E-state index in [1.54, 1.807) is 37.3 Å². The summed E-state index contributed by atoms with van der Waals surface area (Å²) in [7, 11) is 0. The molecule has 0 aliphatic rings. The van der Waals surface area contributed by atoms with Crippen LogP contribution >= 0.6 is 0 Å². The quantitative estimate of drug-likeness (QED) is 0.430. The number of rotatable bonds is 4. The van der Waals surface area contributed by atoms with Crippen LogP contribution in [0.4, 0.5) is 22.0 Å². The van der Waals surface area contributed by atoms with E-state index in [2.05, 4.69) is 20.3 Å². The molecule has 0 amide bonds. The van der Waals surface area contributed by atoms with Gasteiger partial charge in [-0.2, -0.15) is 20.5 Å². The number of aromatic nitrogens is 4. The maximum Gasteiger partial charge on any atom is 0.267 e. The van der Waals surface area contributed by atoms with Gasteiger partial charge in [0.2, 0.25) is 5.95 Å². The minimum Gasteiger partial charge on any atom is -0.382 e. The number of nitrogens with zero attached hydrogens (tertiary/aromatic N) is 6. The van der Waals surface area contributed by atoms with Crippen LogP contribution in [0, 0.1) is 28.5 Å². The maximum atomic E-state index is 14.7. The molecule has 2 heterocycles. The summed E-state index contributed by atoms with van der Waals surface area (Å²) >= 11 is 0. The van der Waals surface area contributed by atoms with Crippen molar-refractivity contribution < 1.29 is 4.39 Å². The molecule has 11 heteroatoms. The van der Waals surface area contributed by atoms with Gasteiger partial charge in [0.1, 0.15) is 40.7 Å². The number of nitrogen functional groups attached to an aromatic ring is 2. The van der Waals surface area contributed by atoms with Gasteiger partial charge < -0.3 is 16.8 Å². The topological polar surface area (TPSA) is 172 Å². The fourth-order valence-electron chi connectivity index (χ4n) is 3.46. The van der Waals surface area contributed by atoms with Crippen molar-refractivity contribution in [2.75, 3.05) is 16.8 Å². The first-order valence-corrected chi connectivity index (χ1v) is 9.66. The number of nitrogens with one attached hydrogen (secondary N) is 1. The summed E-state index contributed by atoms with van der Waals surface area (Å²) in [5.74, 6) is -0.861. The number of nitrogens with two attached hydrogens (primary N) is 2. The highest BCUT2D eigenvalue weighted by Gasteiger charge is 2.23. The molecule has 0 aliphatic heterocycles. The molecule has 0 saturated heterocycles. The van der Waals surface area contributed by atoms with Gasteiger partial charge in [-0.25, -0.2) is 9.37 Å². The molecule has 4 rings (SSSR count). The summed E-state index contributed by atoms with van der Waals surface area (Å²) in [5, 5.41) is 21.7. The first-order valence-electron chi connectivity index (χ1n) is 9.66. The van der Waals surface area contributed by atoms with Crippen molar-refractivity contribution in [2.45, 2.75) is 13.0 Å².